The highest BCUT2D eigenvalue weighted by Crippen LogP contribution is 2.30. The van der Waals surface area contributed by atoms with Crippen LogP contribution in [-0.4, -0.2) is 15.2 Å². The first kappa shape index (κ1) is 11.1. The van der Waals surface area contributed by atoms with Gasteiger partial charge >= 0.3 is 0 Å². The van der Waals surface area contributed by atoms with E-state index in [1.807, 2.05) is 12.3 Å². The Hall–Kier alpha value is -1.38. The Kier molecular flexibility index (Phi) is 2.49. The van der Waals surface area contributed by atoms with Crippen LogP contribution >= 0.6 is 0 Å². The molecule has 2 aromatic heterocycles. The maximum absolute atomic E-state index is 4.42. The third kappa shape index (κ3) is 1.70. The van der Waals surface area contributed by atoms with Gasteiger partial charge in [-0.3, -0.25) is 10.1 Å². The Bertz CT molecular complexity index is 503. The zero-order valence-corrected chi connectivity index (χ0v) is 10.6. The molecule has 0 unspecified atom stereocenters. The Balaban J connectivity index is 2.71. The molecule has 2 heterocycles. The zero-order valence-electron chi connectivity index (χ0n) is 10.6. The van der Waals surface area contributed by atoms with E-state index in [2.05, 4.69) is 49.8 Å². The summed E-state index contributed by atoms with van der Waals surface area (Å²) in [4.78, 5) is 4.42. The monoisotopic (exact) mass is 217 g/mol. The molecule has 0 saturated heterocycles. The van der Waals surface area contributed by atoms with E-state index >= 15 is 0 Å². The zero-order chi connectivity index (χ0) is 11.9. The Labute approximate surface area is 96.3 Å². The predicted molar refractivity (Wildman–Crippen MR) is 66.7 cm³/mol. The van der Waals surface area contributed by atoms with Crippen LogP contribution in [0, 0.1) is 0 Å². The van der Waals surface area contributed by atoms with Gasteiger partial charge in [0, 0.05) is 22.7 Å². The minimum atomic E-state index is 0.0877. The molecule has 0 fully saturated rings. The van der Waals surface area contributed by atoms with E-state index in [4.69, 9.17) is 0 Å². The van der Waals surface area contributed by atoms with Crippen LogP contribution in [0.1, 0.15) is 51.9 Å². The van der Waals surface area contributed by atoms with Crippen LogP contribution in [0.2, 0.25) is 0 Å². The molecule has 0 aliphatic carbocycles. The minimum Gasteiger partial charge on any atom is -0.281 e. The van der Waals surface area contributed by atoms with Gasteiger partial charge in [0.25, 0.3) is 0 Å². The fourth-order valence-electron chi connectivity index (χ4n) is 1.96. The first-order chi connectivity index (χ1) is 7.41. The number of nitrogens with one attached hydrogen (secondary N) is 1. The maximum Gasteiger partial charge on any atom is 0.114 e. The van der Waals surface area contributed by atoms with Crippen LogP contribution in [0.5, 0.6) is 0 Å². The van der Waals surface area contributed by atoms with Crippen molar-refractivity contribution < 1.29 is 0 Å². The average Bonchev–Trinajstić information content (AvgIpc) is 2.59. The van der Waals surface area contributed by atoms with Crippen LogP contribution in [0.25, 0.3) is 10.9 Å². The lowest BCUT2D eigenvalue weighted by atomic mass is 9.89. The van der Waals surface area contributed by atoms with Crippen molar-refractivity contribution in [2.24, 2.45) is 0 Å². The third-order valence-electron chi connectivity index (χ3n) is 2.80. The smallest absolute Gasteiger partial charge is 0.114 e. The van der Waals surface area contributed by atoms with Gasteiger partial charge in [-0.05, 0) is 12.0 Å². The van der Waals surface area contributed by atoms with Crippen LogP contribution in [0.4, 0.5) is 0 Å². The molecule has 0 aliphatic heterocycles. The number of aromatic nitrogens is 3. The fourth-order valence-corrected chi connectivity index (χ4v) is 1.96. The molecule has 0 radical (unpaired) electrons. The summed E-state index contributed by atoms with van der Waals surface area (Å²) in [5.74, 6) is 0.403. The molecule has 3 nitrogen and oxygen atoms in total. The largest absolute Gasteiger partial charge is 0.281 e. The van der Waals surface area contributed by atoms with Crippen molar-refractivity contribution in [1.29, 1.82) is 0 Å². The number of hydrogen-bond donors (Lipinski definition) is 1. The fraction of sp³-hybridized carbons (Fsp3) is 0.538. The van der Waals surface area contributed by atoms with Gasteiger partial charge in [-0.25, -0.2) is 0 Å². The van der Waals surface area contributed by atoms with E-state index in [1.54, 1.807) is 0 Å². The first-order valence-corrected chi connectivity index (χ1v) is 5.74. The van der Waals surface area contributed by atoms with Crippen molar-refractivity contribution in [3.05, 3.63) is 23.7 Å². The predicted octanol–water partition coefficient (Wildman–Crippen LogP) is 3.38. The van der Waals surface area contributed by atoms with Crippen molar-refractivity contribution in [3.8, 4) is 0 Å². The molecule has 0 saturated carbocycles. The van der Waals surface area contributed by atoms with E-state index in [0.29, 0.717) is 5.92 Å². The summed E-state index contributed by atoms with van der Waals surface area (Å²) in [5.41, 5.74) is 3.36. The van der Waals surface area contributed by atoms with Crippen LogP contribution in [0.3, 0.4) is 0 Å². The van der Waals surface area contributed by atoms with Gasteiger partial charge in [0.2, 0.25) is 0 Å². The lowest BCUT2D eigenvalue weighted by molar-refractivity contribution is 0.571. The van der Waals surface area contributed by atoms with E-state index < -0.39 is 0 Å². The highest BCUT2D eigenvalue weighted by Gasteiger charge is 2.21. The number of aromatic amines is 1. The SMILES string of the molecule is CC(C)c1nccc2c(C(C)(C)C)[nH]nc12. The molecule has 16 heavy (non-hydrogen) atoms. The number of nitrogens with zero attached hydrogens (tertiary/aromatic N) is 2. The van der Waals surface area contributed by atoms with E-state index in [9.17, 15) is 0 Å². The highest BCUT2D eigenvalue weighted by molar-refractivity contribution is 5.84. The van der Waals surface area contributed by atoms with E-state index in [1.165, 1.54) is 11.1 Å². The van der Waals surface area contributed by atoms with Gasteiger partial charge in [0.05, 0.1) is 5.69 Å². The van der Waals surface area contributed by atoms with Crippen molar-refractivity contribution in [3.63, 3.8) is 0 Å². The molecule has 86 valence electrons. The Morgan fingerprint density at radius 2 is 1.94 bits per heavy atom. The molecule has 0 aliphatic rings. The molecule has 0 aromatic carbocycles. The van der Waals surface area contributed by atoms with Gasteiger partial charge in [0.15, 0.2) is 0 Å². The second-order valence-electron chi connectivity index (χ2n) is 5.60. The molecule has 0 spiro atoms. The summed E-state index contributed by atoms with van der Waals surface area (Å²) in [6.07, 6.45) is 1.88. The van der Waals surface area contributed by atoms with Gasteiger partial charge < -0.3 is 0 Å². The number of pyridine rings is 1. The second kappa shape index (κ2) is 3.58. The average molecular weight is 217 g/mol. The standard InChI is InChI=1S/C13H19N3/c1-8(2)10-11-9(6-7-14-10)12(16-15-11)13(3,4)5/h6-8H,1-5H3,(H,15,16). The number of hydrogen-bond acceptors (Lipinski definition) is 2. The number of H-pyrrole nitrogens is 1. The summed E-state index contributed by atoms with van der Waals surface area (Å²) >= 11 is 0. The van der Waals surface area contributed by atoms with Gasteiger partial charge in [0.1, 0.15) is 5.52 Å². The Morgan fingerprint density at radius 3 is 2.50 bits per heavy atom. The molecule has 0 amide bonds. The van der Waals surface area contributed by atoms with Crippen molar-refractivity contribution >= 4 is 10.9 Å². The lowest BCUT2D eigenvalue weighted by Gasteiger charge is -2.16. The molecule has 0 atom stereocenters. The van der Waals surface area contributed by atoms with Gasteiger partial charge in [-0.1, -0.05) is 34.6 Å². The Morgan fingerprint density at radius 1 is 1.25 bits per heavy atom. The highest BCUT2D eigenvalue weighted by atomic mass is 15.1. The van der Waals surface area contributed by atoms with Crippen LogP contribution in [-0.2, 0) is 5.41 Å². The van der Waals surface area contributed by atoms with Crippen molar-refractivity contribution in [2.75, 3.05) is 0 Å². The molecular formula is C13H19N3. The third-order valence-corrected chi connectivity index (χ3v) is 2.80. The summed E-state index contributed by atoms with van der Waals surface area (Å²) in [5, 5.41) is 8.78. The van der Waals surface area contributed by atoms with Gasteiger partial charge in [-0.2, -0.15) is 5.10 Å². The van der Waals surface area contributed by atoms with E-state index in [-0.39, 0.29) is 5.41 Å². The normalized spacial score (nSPS) is 12.6. The molecule has 0 bridgehead atoms. The van der Waals surface area contributed by atoms with E-state index in [0.717, 1.165) is 11.2 Å². The summed E-state index contributed by atoms with van der Waals surface area (Å²) in [6, 6.07) is 2.05. The summed E-state index contributed by atoms with van der Waals surface area (Å²) < 4.78 is 0. The molecule has 1 N–H and O–H groups in total. The van der Waals surface area contributed by atoms with Crippen LogP contribution in [0.15, 0.2) is 12.3 Å². The molecule has 3 heteroatoms. The molecule has 2 aromatic rings. The van der Waals surface area contributed by atoms with Crippen LogP contribution < -0.4 is 0 Å². The van der Waals surface area contributed by atoms with Gasteiger partial charge in [-0.15, -0.1) is 0 Å². The minimum absolute atomic E-state index is 0.0877. The number of rotatable bonds is 1. The molecular weight excluding hydrogens is 198 g/mol. The van der Waals surface area contributed by atoms with Crippen molar-refractivity contribution in [2.45, 2.75) is 46.0 Å². The quantitative estimate of drug-likeness (QED) is 0.795. The second-order valence-corrected chi connectivity index (χ2v) is 5.60. The number of fused-ring (bicyclic) bond motifs is 1. The lowest BCUT2D eigenvalue weighted by Crippen LogP contribution is -2.12. The summed E-state index contributed by atoms with van der Waals surface area (Å²) in [6.45, 7) is 10.9. The first-order valence-electron chi connectivity index (χ1n) is 5.74. The summed E-state index contributed by atoms with van der Waals surface area (Å²) in [7, 11) is 0. The maximum atomic E-state index is 4.42. The molecule has 2 rings (SSSR count). The van der Waals surface area contributed by atoms with Crippen molar-refractivity contribution in [1.82, 2.24) is 15.2 Å². The topological polar surface area (TPSA) is 41.6 Å².